The molecule has 0 unspecified atom stereocenters. The van der Waals surface area contributed by atoms with E-state index in [9.17, 15) is 4.79 Å². The van der Waals surface area contributed by atoms with Gasteiger partial charge in [0.1, 0.15) is 19.0 Å². The van der Waals surface area contributed by atoms with Crippen molar-refractivity contribution in [3.05, 3.63) is 59.7 Å². The molecule has 0 heterocycles. The predicted molar refractivity (Wildman–Crippen MR) is 106 cm³/mol. The van der Waals surface area contributed by atoms with Crippen molar-refractivity contribution in [2.75, 3.05) is 20.3 Å². The van der Waals surface area contributed by atoms with Gasteiger partial charge in [0.2, 0.25) is 0 Å². The summed E-state index contributed by atoms with van der Waals surface area (Å²) < 4.78 is 17.1. The van der Waals surface area contributed by atoms with Gasteiger partial charge in [-0.2, -0.15) is 0 Å². The molecule has 0 amide bonds. The third-order valence-electron chi connectivity index (χ3n) is 3.92. The number of ether oxygens (including phenoxy) is 3. The number of carbonyl (C=O) groups is 1. The summed E-state index contributed by atoms with van der Waals surface area (Å²) >= 11 is 0. The van der Waals surface area contributed by atoms with Gasteiger partial charge in [-0.1, -0.05) is 51.1 Å². The zero-order chi connectivity index (χ0) is 19.9. The van der Waals surface area contributed by atoms with E-state index in [1.165, 1.54) is 6.08 Å². The van der Waals surface area contributed by atoms with E-state index in [0.29, 0.717) is 30.3 Å². The highest BCUT2D eigenvalue weighted by Crippen LogP contribution is 2.33. The molecule has 0 atom stereocenters. The number of methoxy groups -OCH3 is 1. The fourth-order valence-corrected chi connectivity index (χ4v) is 2.65. The van der Waals surface area contributed by atoms with Gasteiger partial charge in [0.25, 0.3) is 0 Å². The fourth-order valence-electron chi connectivity index (χ4n) is 2.65. The summed E-state index contributed by atoms with van der Waals surface area (Å²) in [6.07, 6.45) is 2.55. The normalized spacial score (nSPS) is 11.4. The minimum Gasteiger partial charge on any atom is -0.493 e. The Hall–Kier alpha value is -2.95. The van der Waals surface area contributed by atoms with Crippen LogP contribution in [-0.2, 0) is 10.2 Å². The largest absolute Gasteiger partial charge is 0.493 e. The number of carboxylic acids is 1. The average Bonchev–Trinajstić information content (AvgIpc) is 2.63. The number of rotatable bonds is 8. The Kier molecular flexibility index (Phi) is 6.88. The minimum atomic E-state index is -1.02. The first-order chi connectivity index (χ1) is 12.8. The molecule has 0 bridgehead atoms. The molecule has 0 spiro atoms. The van der Waals surface area contributed by atoms with Crippen LogP contribution >= 0.6 is 0 Å². The standard InChI is InChI=1S/C22H26O5/c1-22(2,3)17-9-5-6-10-18(17)26-14-15-27-21-16(12-13-20(23)24)8-7-11-19(21)25-4/h5-13H,14-15H2,1-4H3,(H,23,24). The third kappa shape index (κ3) is 5.78. The lowest BCUT2D eigenvalue weighted by Gasteiger charge is -2.22. The van der Waals surface area contributed by atoms with Crippen LogP contribution in [0.25, 0.3) is 6.08 Å². The van der Waals surface area contributed by atoms with Gasteiger partial charge in [-0.05, 0) is 29.2 Å². The molecule has 0 aliphatic heterocycles. The lowest BCUT2D eigenvalue weighted by molar-refractivity contribution is -0.131. The lowest BCUT2D eigenvalue weighted by Crippen LogP contribution is -2.16. The molecule has 0 saturated carbocycles. The van der Waals surface area contributed by atoms with E-state index in [4.69, 9.17) is 19.3 Å². The lowest BCUT2D eigenvalue weighted by atomic mass is 9.86. The second-order valence-corrected chi connectivity index (χ2v) is 6.99. The van der Waals surface area contributed by atoms with E-state index in [-0.39, 0.29) is 5.41 Å². The van der Waals surface area contributed by atoms with Gasteiger partial charge in [0.05, 0.1) is 7.11 Å². The molecule has 5 nitrogen and oxygen atoms in total. The molecule has 0 radical (unpaired) electrons. The van der Waals surface area contributed by atoms with E-state index in [1.54, 1.807) is 25.3 Å². The summed E-state index contributed by atoms with van der Waals surface area (Å²) in [6, 6.07) is 13.3. The molecule has 27 heavy (non-hydrogen) atoms. The van der Waals surface area contributed by atoms with Crippen molar-refractivity contribution in [1.29, 1.82) is 0 Å². The maximum atomic E-state index is 10.8. The molecule has 0 aliphatic carbocycles. The summed E-state index contributed by atoms with van der Waals surface area (Å²) in [6.45, 7) is 7.07. The maximum absolute atomic E-state index is 10.8. The molecule has 144 valence electrons. The Morgan fingerprint density at radius 1 is 1.00 bits per heavy atom. The van der Waals surface area contributed by atoms with Gasteiger partial charge >= 0.3 is 5.97 Å². The topological polar surface area (TPSA) is 65.0 Å². The highest BCUT2D eigenvalue weighted by atomic mass is 16.5. The second-order valence-electron chi connectivity index (χ2n) is 6.99. The van der Waals surface area contributed by atoms with Crippen molar-refractivity contribution in [3.8, 4) is 17.2 Å². The van der Waals surface area contributed by atoms with Crippen LogP contribution in [0.4, 0.5) is 0 Å². The Labute approximate surface area is 160 Å². The van der Waals surface area contributed by atoms with Crippen molar-refractivity contribution >= 4 is 12.0 Å². The molecule has 0 saturated heterocycles. The van der Waals surface area contributed by atoms with Gasteiger partial charge in [0, 0.05) is 11.6 Å². The number of aliphatic carboxylic acids is 1. The zero-order valence-electron chi connectivity index (χ0n) is 16.2. The van der Waals surface area contributed by atoms with Crippen LogP contribution in [-0.4, -0.2) is 31.4 Å². The predicted octanol–water partition coefficient (Wildman–Crippen LogP) is 4.55. The highest BCUT2D eigenvalue weighted by Gasteiger charge is 2.18. The van der Waals surface area contributed by atoms with Gasteiger partial charge in [-0.25, -0.2) is 4.79 Å². The van der Waals surface area contributed by atoms with Crippen LogP contribution in [0, 0.1) is 0 Å². The number of benzene rings is 2. The molecule has 5 heteroatoms. The molecular formula is C22H26O5. The molecule has 1 N–H and O–H groups in total. The molecule has 0 aromatic heterocycles. The van der Waals surface area contributed by atoms with E-state index < -0.39 is 5.97 Å². The van der Waals surface area contributed by atoms with E-state index in [2.05, 4.69) is 26.8 Å². The van der Waals surface area contributed by atoms with Crippen LogP contribution < -0.4 is 14.2 Å². The molecule has 0 fully saturated rings. The van der Waals surface area contributed by atoms with Crippen molar-refractivity contribution in [2.45, 2.75) is 26.2 Å². The third-order valence-corrected chi connectivity index (χ3v) is 3.92. The summed E-state index contributed by atoms with van der Waals surface area (Å²) in [5.74, 6) is 0.841. The summed E-state index contributed by atoms with van der Waals surface area (Å²) in [5, 5.41) is 8.85. The molecule has 2 rings (SSSR count). The number of hydrogen-bond donors (Lipinski definition) is 1. The van der Waals surface area contributed by atoms with Crippen LogP contribution in [0.2, 0.25) is 0 Å². The van der Waals surface area contributed by atoms with Crippen LogP contribution in [0.1, 0.15) is 31.9 Å². The zero-order valence-corrected chi connectivity index (χ0v) is 16.2. The number of hydrogen-bond acceptors (Lipinski definition) is 4. The Balaban J connectivity index is 2.07. The highest BCUT2D eigenvalue weighted by molar-refractivity contribution is 5.86. The number of para-hydroxylation sites is 2. The van der Waals surface area contributed by atoms with Gasteiger partial charge in [0.15, 0.2) is 11.5 Å². The summed E-state index contributed by atoms with van der Waals surface area (Å²) in [7, 11) is 1.54. The van der Waals surface area contributed by atoms with E-state index in [0.717, 1.165) is 17.4 Å². The maximum Gasteiger partial charge on any atom is 0.328 e. The Bertz CT molecular complexity index is 803. The van der Waals surface area contributed by atoms with E-state index in [1.807, 2.05) is 18.2 Å². The van der Waals surface area contributed by atoms with Crippen molar-refractivity contribution in [2.24, 2.45) is 0 Å². The molecule has 2 aromatic rings. The quantitative estimate of drug-likeness (QED) is 0.545. The Morgan fingerprint density at radius 2 is 1.67 bits per heavy atom. The molecule has 0 aliphatic rings. The monoisotopic (exact) mass is 370 g/mol. The molecular weight excluding hydrogens is 344 g/mol. The minimum absolute atomic E-state index is 0.0190. The van der Waals surface area contributed by atoms with Crippen molar-refractivity contribution in [1.82, 2.24) is 0 Å². The SMILES string of the molecule is COc1cccc(C=CC(=O)O)c1OCCOc1ccccc1C(C)(C)C. The van der Waals surface area contributed by atoms with Crippen LogP contribution in [0.3, 0.4) is 0 Å². The van der Waals surface area contributed by atoms with Gasteiger partial charge in [-0.15, -0.1) is 0 Å². The smallest absolute Gasteiger partial charge is 0.328 e. The fraction of sp³-hybridized carbons (Fsp3) is 0.318. The van der Waals surface area contributed by atoms with Crippen LogP contribution in [0.5, 0.6) is 17.2 Å². The van der Waals surface area contributed by atoms with E-state index >= 15 is 0 Å². The summed E-state index contributed by atoms with van der Waals surface area (Å²) in [4.78, 5) is 10.8. The summed E-state index contributed by atoms with van der Waals surface area (Å²) in [5.41, 5.74) is 1.74. The first-order valence-electron chi connectivity index (χ1n) is 8.76. The van der Waals surface area contributed by atoms with Gasteiger partial charge < -0.3 is 19.3 Å². The first-order valence-corrected chi connectivity index (χ1v) is 8.76. The van der Waals surface area contributed by atoms with Gasteiger partial charge in [-0.3, -0.25) is 0 Å². The first kappa shape index (κ1) is 20.4. The average molecular weight is 370 g/mol. The van der Waals surface area contributed by atoms with Crippen molar-refractivity contribution in [3.63, 3.8) is 0 Å². The Morgan fingerprint density at radius 3 is 2.33 bits per heavy atom. The second kappa shape index (κ2) is 9.12. The number of carboxylic acid groups (broad SMARTS) is 1. The van der Waals surface area contributed by atoms with Crippen molar-refractivity contribution < 1.29 is 24.1 Å². The van der Waals surface area contributed by atoms with Crippen LogP contribution in [0.15, 0.2) is 48.5 Å². The molecule has 2 aromatic carbocycles.